The van der Waals surface area contributed by atoms with E-state index in [9.17, 15) is 13.2 Å². The minimum Gasteiger partial charge on any atom is -0.489 e. The molecule has 2 aromatic rings. The summed E-state index contributed by atoms with van der Waals surface area (Å²) in [4.78, 5) is 0. The van der Waals surface area contributed by atoms with E-state index in [2.05, 4.69) is 0 Å². The van der Waals surface area contributed by atoms with Gasteiger partial charge in [-0.3, -0.25) is 0 Å². The summed E-state index contributed by atoms with van der Waals surface area (Å²) in [5.41, 5.74) is -0.164. The average Bonchev–Trinajstić information content (AvgIpc) is 2.37. The number of rotatable bonds is 4. The fourth-order valence-corrected chi connectivity index (χ4v) is 1.61. The largest absolute Gasteiger partial charge is 0.491 e. The van der Waals surface area contributed by atoms with Crippen molar-refractivity contribution in [2.45, 2.75) is 6.61 Å². The van der Waals surface area contributed by atoms with E-state index in [0.717, 1.165) is 24.3 Å². The average molecular weight is 282 g/mol. The predicted octanol–water partition coefficient (Wildman–Crippen LogP) is 1.36. The summed E-state index contributed by atoms with van der Waals surface area (Å²) in [7, 11) is -1.92. The summed E-state index contributed by atoms with van der Waals surface area (Å²) in [5.74, 6) is -2.21. The minimum absolute atomic E-state index is 0.0932. The molecule has 0 atom stereocenters. The lowest BCUT2D eigenvalue weighted by atomic mass is 9.80. The Morgan fingerprint density at radius 3 is 2.30 bits per heavy atom. The lowest BCUT2D eigenvalue weighted by Crippen LogP contribution is -2.32. The number of hydrogen-bond donors (Lipinski definition) is 2. The first-order valence-electron chi connectivity index (χ1n) is 5.69. The van der Waals surface area contributed by atoms with Crippen LogP contribution in [0, 0.1) is 17.5 Å². The Labute approximate surface area is 113 Å². The Hall–Kier alpha value is -1.99. The van der Waals surface area contributed by atoms with Crippen molar-refractivity contribution < 1.29 is 28.0 Å². The Kier molecular flexibility index (Phi) is 4.31. The van der Waals surface area contributed by atoms with Gasteiger partial charge < -0.3 is 14.8 Å². The second kappa shape index (κ2) is 5.98. The van der Waals surface area contributed by atoms with Gasteiger partial charge in [-0.25, -0.2) is 13.2 Å². The zero-order chi connectivity index (χ0) is 14.7. The summed E-state index contributed by atoms with van der Waals surface area (Å²) < 4.78 is 44.6. The minimum atomic E-state index is -1.92. The first-order valence-corrected chi connectivity index (χ1v) is 5.69. The number of benzene rings is 2. The van der Waals surface area contributed by atoms with Crippen LogP contribution in [0.2, 0.25) is 0 Å². The van der Waals surface area contributed by atoms with E-state index in [1.807, 2.05) is 0 Å². The summed E-state index contributed by atoms with van der Waals surface area (Å²) in [6, 6.07) is 6.47. The van der Waals surface area contributed by atoms with Crippen molar-refractivity contribution in [3.8, 4) is 5.75 Å². The van der Waals surface area contributed by atoms with Crippen LogP contribution >= 0.6 is 0 Å². The molecule has 0 aromatic heterocycles. The monoisotopic (exact) mass is 282 g/mol. The molecule has 20 heavy (non-hydrogen) atoms. The normalized spacial score (nSPS) is 10.4. The van der Waals surface area contributed by atoms with Crippen LogP contribution in [0.1, 0.15) is 5.56 Å². The molecule has 2 N–H and O–H groups in total. The van der Waals surface area contributed by atoms with Crippen LogP contribution < -0.4 is 10.2 Å². The standard InChI is InChI=1S/C13H10BF3O3/c15-9-2-1-8(12(16)5-9)7-20-10-3-4-11(14(18)19)13(17)6-10/h1-6,18-19H,7H2. The third-order valence-electron chi connectivity index (χ3n) is 2.66. The number of halogens is 3. The van der Waals surface area contributed by atoms with E-state index in [0.29, 0.717) is 0 Å². The fourth-order valence-electron chi connectivity index (χ4n) is 1.61. The van der Waals surface area contributed by atoms with Gasteiger partial charge in [0.05, 0.1) is 0 Å². The quantitative estimate of drug-likeness (QED) is 0.832. The molecule has 0 aliphatic rings. The molecule has 7 heteroatoms. The highest BCUT2D eigenvalue weighted by Crippen LogP contribution is 2.16. The number of ether oxygens (including phenoxy) is 1. The molecule has 0 unspecified atom stereocenters. The van der Waals surface area contributed by atoms with Crippen LogP contribution in [-0.4, -0.2) is 17.2 Å². The lowest BCUT2D eigenvalue weighted by Gasteiger charge is -2.09. The van der Waals surface area contributed by atoms with E-state index in [-0.39, 0.29) is 23.4 Å². The summed E-state index contributed by atoms with van der Waals surface area (Å²) in [6.45, 7) is -0.202. The second-order valence-electron chi connectivity index (χ2n) is 4.08. The van der Waals surface area contributed by atoms with Gasteiger partial charge in [0, 0.05) is 23.2 Å². The van der Waals surface area contributed by atoms with Gasteiger partial charge in [0.15, 0.2) is 0 Å². The summed E-state index contributed by atoms with van der Waals surface area (Å²) in [5, 5.41) is 17.7. The molecular weight excluding hydrogens is 272 g/mol. The molecular formula is C13H10BF3O3. The van der Waals surface area contributed by atoms with Gasteiger partial charge >= 0.3 is 7.12 Å². The highest BCUT2D eigenvalue weighted by molar-refractivity contribution is 6.58. The fraction of sp³-hybridized carbons (Fsp3) is 0.0769. The Morgan fingerprint density at radius 2 is 1.70 bits per heavy atom. The SMILES string of the molecule is OB(O)c1ccc(OCc2ccc(F)cc2F)cc1F. The van der Waals surface area contributed by atoms with Crippen molar-refractivity contribution >= 4 is 12.6 Å². The third-order valence-corrected chi connectivity index (χ3v) is 2.66. The highest BCUT2D eigenvalue weighted by atomic mass is 19.1. The molecule has 0 fully saturated rings. The van der Waals surface area contributed by atoms with Crippen LogP contribution in [0.5, 0.6) is 5.75 Å². The van der Waals surface area contributed by atoms with E-state index in [4.69, 9.17) is 14.8 Å². The van der Waals surface area contributed by atoms with Gasteiger partial charge in [-0.1, -0.05) is 6.07 Å². The van der Waals surface area contributed by atoms with E-state index in [1.165, 1.54) is 12.1 Å². The van der Waals surface area contributed by atoms with Crippen molar-refractivity contribution in [1.29, 1.82) is 0 Å². The first-order chi connectivity index (χ1) is 9.47. The second-order valence-corrected chi connectivity index (χ2v) is 4.08. The Morgan fingerprint density at radius 1 is 0.950 bits per heavy atom. The van der Waals surface area contributed by atoms with Crippen LogP contribution in [0.15, 0.2) is 36.4 Å². The van der Waals surface area contributed by atoms with Gasteiger partial charge in [0.1, 0.15) is 29.8 Å². The summed E-state index contributed by atoms with van der Waals surface area (Å²) >= 11 is 0. The van der Waals surface area contributed by atoms with Crippen molar-refractivity contribution in [3.63, 3.8) is 0 Å². The van der Waals surface area contributed by atoms with E-state index in [1.54, 1.807) is 0 Å². The predicted molar refractivity (Wildman–Crippen MR) is 66.9 cm³/mol. The Balaban J connectivity index is 2.09. The van der Waals surface area contributed by atoms with Crippen LogP contribution in [0.3, 0.4) is 0 Å². The maximum Gasteiger partial charge on any atom is 0.491 e. The maximum absolute atomic E-state index is 13.4. The topological polar surface area (TPSA) is 49.7 Å². The smallest absolute Gasteiger partial charge is 0.489 e. The molecule has 0 aliphatic heterocycles. The molecule has 0 aliphatic carbocycles. The molecule has 0 heterocycles. The van der Waals surface area contributed by atoms with Crippen molar-refractivity contribution in [2.75, 3.05) is 0 Å². The van der Waals surface area contributed by atoms with Crippen molar-refractivity contribution in [2.24, 2.45) is 0 Å². The Bertz CT molecular complexity index is 620. The summed E-state index contributed by atoms with van der Waals surface area (Å²) in [6.07, 6.45) is 0. The van der Waals surface area contributed by atoms with Gasteiger partial charge in [-0.2, -0.15) is 0 Å². The maximum atomic E-state index is 13.4. The first kappa shape index (κ1) is 14.4. The highest BCUT2D eigenvalue weighted by Gasteiger charge is 2.16. The molecule has 0 saturated carbocycles. The molecule has 0 radical (unpaired) electrons. The van der Waals surface area contributed by atoms with Crippen LogP contribution in [0.4, 0.5) is 13.2 Å². The van der Waals surface area contributed by atoms with Crippen molar-refractivity contribution in [1.82, 2.24) is 0 Å². The van der Waals surface area contributed by atoms with E-state index < -0.39 is 24.6 Å². The van der Waals surface area contributed by atoms with Gasteiger partial charge in [-0.15, -0.1) is 0 Å². The number of hydrogen-bond acceptors (Lipinski definition) is 3. The molecule has 3 nitrogen and oxygen atoms in total. The van der Waals surface area contributed by atoms with E-state index >= 15 is 0 Å². The van der Waals surface area contributed by atoms with Gasteiger partial charge in [-0.05, 0) is 18.2 Å². The molecule has 2 rings (SSSR count). The molecule has 104 valence electrons. The third kappa shape index (κ3) is 3.31. The zero-order valence-corrected chi connectivity index (χ0v) is 10.2. The molecule has 0 amide bonds. The lowest BCUT2D eigenvalue weighted by molar-refractivity contribution is 0.298. The van der Waals surface area contributed by atoms with Gasteiger partial charge in [0.2, 0.25) is 0 Å². The van der Waals surface area contributed by atoms with Gasteiger partial charge in [0.25, 0.3) is 0 Å². The molecule has 0 spiro atoms. The molecule has 0 saturated heterocycles. The van der Waals surface area contributed by atoms with Crippen LogP contribution in [-0.2, 0) is 6.61 Å². The van der Waals surface area contributed by atoms with Crippen LogP contribution in [0.25, 0.3) is 0 Å². The van der Waals surface area contributed by atoms with Crippen molar-refractivity contribution in [3.05, 3.63) is 59.4 Å². The molecule has 2 aromatic carbocycles. The molecule has 0 bridgehead atoms. The zero-order valence-electron chi connectivity index (χ0n) is 10.2.